The predicted octanol–water partition coefficient (Wildman–Crippen LogP) is 2.82. The molecule has 4 nitrogen and oxygen atoms in total. The van der Waals surface area contributed by atoms with Crippen molar-refractivity contribution in [3.8, 4) is 5.75 Å². The summed E-state index contributed by atoms with van der Waals surface area (Å²) in [4.78, 5) is 0. The molecular weight excluding hydrogens is 336 g/mol. The normalized spacial score (nSPS) is 12.8. The minimum Gasteiger partial charge on any atom is -0.486 e. The number of oxime groups is 1. The fraction of sp³-hybridized carbons (Fsp3) is 0.300. The maximum Gasteiger partial charge on any atom is 0.340 e. The first-order valence-electron chi connectivity index (χ1n) is 4.84. The maximum absolute atomic E-state index is 12.7. The molecule has 0 aromatic heterocycles. The molecule has 1 rings (SSSR count). The summed E-state index contributed by atoms with van der Waals surface area (Å²) in [6.45, 7) is -1.52. The summed E-state index contributed by atoms with van der Waals surface area (Å²) in [7, 11) is 0. The Balaban J connectivity index is 3.00. The number of hydrogen-bond donors (Lipinski definition) is 2. The highest BCUT2D eigenvalue weighted by molar-refractivity contribution is 9.10. The molecule has 0 saturated carbocycles. The van der Waals surface area contributed by atoms with Gasteiger partial charge in [-0.05, 0) is 28.1 Å². The number of halogens is 5. The second-order valence-electron chi connectivity index (χ2n) is 3.45. The molecule has 3 N–H and O–H groups in total. The maximum atomic E-state index is 12.7. The highest BCUT2D eigenvalue weighted by atomic mass is 79.9. The molecule has 0 fully saturated rings. The third-order valence-electron chi connectivity index (χ3n) is 2.08. The van der Waals surface area contributed by atoms with E-state index in [9.17, 15) is 17.6 Å². The van der Waals surface area contributed by atoms with Gasteiger partial charge in [-0.15, -0.1) is 0 Å². The fourth-order valence-electron chi connectivity index (χ4n) is 1.16. The highest BCUT2D eigenvalue weighted by Crippen LogP contribution is 2.29. The van der Waals surface area contributed by atoms with Gasteiger partial charge in [0.15, 0.2) is 12.4 Å². The number of hydrogen-bond acceptors (Lipinski definition) is 3. The van der Waals surface area contributed by atoms with Crippen LogP contribution in [0.25, 0.3) is 0 Å². The smallest absolute Gasteiger partial charge is 0.340 e. The lowest BCUT2D eigenvalue weighted by Crippen LogP contribution is -2.34. The molecule has 0 aliphatic heterocycles. The van der Waals surface area contributed by atoms with Gasteiger partial charge in [-0.3, -0.25) is 0 Å². The van der Waals surface area contributed by atoms with E-state index in [1.54, 1.807) is 0 Å². The van der Waals surface area contributed by atoms with Crippen LogP contribution < -0.4 is 10.5 Å². The van der Waals surface area contributed by atoms with Crippen LogP contribution in [-0.4, -0.2) is 30.0 Å². The van der Waals surface area contributed by atoms with Crippen LogP contribution in [0, 0.1) is 0 Å². The number of nitrogens with zero attached hydrogens (tertiary/aromatic N) is 1. The Bertz CT molecular complexity index is 483. The molecule has 0 amide bonds. The molecule has 0 unspecified atom stereocenters. The van der Waals surface area contributed by atoms with Crippen molar-refractivity contribution in [2.75, 3.05) is 6.61 Å². The minimum absolute atomic E-state index is 0.00457. The zero-order valence-corrected chi connectivity index (χ0v) is 10.9. The fourth-order valence-corrected chi connectivity index (χ4v) is 1.71. The molecule has 1 aromatic rings. The standard InChI is InChI=1S/C10H9BrF4N2O2/c11-5-2-1-3-6(7(5)8(16)17-18)19-4-10(14,15)9(12)13/h1-3,9,18H,4H2,(H2,16,17). The monoisotopic (exact) mass is 344 g/mol. The largest absolute Gasteiger partial charge is 0.486 e. The van der Waals surface area contributed by atoms with E-state index in [1.165, 1.54) is 18.2 Å². The van der Waals surface area contributed by atoms with Crippen molar-refractivity contribution in [3.05, 3.63) is 28.2 Å². The van der Waals surface area contributed by atoms with Crippen LogP contribution in [-0.2, 0) is 0 Å². The van der Waals surface area contributed by atoms with E-state index < -0.39 is 24.8 Å². The van der Waals surface area contributed by atoms with Gasteiger partial charge in [-0.25, -0.2) is 8.78 Å². The van der Waals surface area contributed by atoms with E-state index in [2.05, 4.69) is 25.8 Å². The molecule has 0 aliphatic rings. The molecule has 0 atom stereocenters. The summed E-state index contributed by atoms with van der Waals surface area (Å²) in [5, 5.41) is 11.3. The second-order valence-corrected chi connectivity index (χ2v) is 4.30. The molecule has 1 aromatic carbocycles. The third kappa shape index (κ3) is 3.72. The van der Waals surface area contributed by atoms with Crippen molar-refractivity contribution in [1.29, 1.82) is 0 Å². The Morgan fingerprint density at radius 1 is 1.47 bits per heavy atom. The second kappa shape index (κ2) is 6.09. The molecule has 0 saturated heterocycles. The lowest BCUT2D eigenvalue weighted by atomic mass is 10.2. The zero-order valence-electron chi connectivity index (χ0n) is 9.29. The summed E-state index contributed by atoms with van der Waals surface area (Å²) in [5.74, 6) is -4.89. The van der Waals surface area contributed by atoms with E-state index >= 15 is 0 Å². The number of amidine groups is 1. The number of nitrogens with two attached hydrogens (primary N) is 1. The Morgan fingerprint density at radius 2 is 2.11 bits per heavy atom. The average Bonchev–Trinajstić information content (AvgIpc) is 2.35. The number of alkyl halides is 4. The van der Waals surface area contributed by atoms with Gasteiger partial charge in [0, 0.05) is 4.47 Å². The topological polar surface area (TPSA) is 67.8 Å². The summed E-state index contributed by atoms with van der Waals surface area (Å²) in [5.41, 5.74) is 5.34. The van der Waals surface area contributed by atoms with Gasteiger partial charge in [-0.1, -0.05) is 11.2 Å². The van der Waals surface area contributed by atoms with Crippen molar-refractivity contribution < 1.29 is 27.5 Å². The van der Waals surface area contributed by atoms with Gasteiger partial charge >= 0.3 is 12.3 Å². The van der Waals surface area contributed by atoms with Gasteiger partial charge in [-0.2, -0.15) is 8.78 Å². The van der Waals surface area contributed by atoms with E-state index in [1.807, 2.05) is 0 Å². The lowest BCUT2D eigenvalue weighted by Gasteiger charge is -2.17. The van der Waals surface area contributed by atoms with E-state index in [0.717, 1.165) is 0 Å². The molecule has 0 bridgehead atoms. The summed E-state index contributed by atoms with van der Waals surface area (Å²) >= 11 is 3.05. The summed E-state index contributed by atoms with van der Waals surface area (Å²) < 4.78 is 54.4. The van der Waals surface area contributed by atoms with Crippen LogP contribution in [0.2, 0.25) is 0 Å². The molecular formula is C10H9BrF4N2O2. The number of ether oxygens (including phenoxy) is 1. The Kier molecular flexibility index (Phi) is 4.98. The first kappa shape index (κ1) is 15.5. The first-order chi connectivity index (χ1) is 8.79. The molecule has 0 aliphatic carbocycles. The van der Waals surface area contributed by atoms with Crippen LogP contribution in [0.3, 0.4) is 0 Å². The zero-order chi connectivity index (χ0) is 14.6. The number of benzene rings is 1. The molecule has 0 radical (unpaired) electrons. The molecule has 0 heterocycles. The average molecular weight is 345 g/mol. The Hall–Kier alpha value is -1.51. The summed E-state index contributed by atoms with van der Waals surface area (Å²) in [6.07, 6.45) is -3.84. The van der Waals surface area contributed by atoms with Crippen molar-refractivity contribution >= 4 is 21.8 Å². The van der Waals surface area contributed by atoms with Gasteiger partial charge in [0.2, 0.25) is 0 Å². The highest BCUT2D eigenvalue weighted by Gasteiger charge is 2.42. The predicted molar refractivity (Wildman–Crippen MR) is 63.1 cm³/mol. The van der Waals surface area contributed by atoms with E-state index in [-0.39, 0.29) is 11.3 Å². The van der Waals surface area contributed by atoms with Crippen molar-refractivity contribution in [2.45, 2.75) is 12.3 Å². The van der Waals surface area contributed by atoms with Crippen LogP contribution in [0.5, 0.6) is 5.75 Å². The van der Waals surface area contributed by atoms with Gasteiger partial charge in [0.05, 0.1) is 5.56 Å². The third-order valence-corrected chi connectivity index (χ3v) is 2.74. The van der Waals surface area contributed by atoms with Crippen molar-refractivity contribution in [3.63, 3.8) is 0 Å². The van der Waals surface area contributed by atoms with Gasteiger partial charge in [0.25, 0.3) is 0 Å². The summed E-state index contributed by atoms with van der Waals surface area (Å²) in [6, 6.07) is 4.15. The minimum atomic E-state index is -4.29. The first-order valence-corrected chi connectivity index (χ1v) is 5.64. The van der Waals surface area contributed by atoms with Crippen molar-refractivity contribution in [1.82, 2.24) is 0 Å². The van der Waals surface area contributed by atoms with Crippen molar-refractivity contribution in [2.24, 2.45) is 10.9 Å². The SMILES string of the molecule is N/C(=N/O)c1c(Br)cccc1OCC(F)(F)C(F)F. The lowest BCUT2D eigenvalue weighted by molar-refractivity contribution is -0.148. The number of rotatable bonds is 5. The molecule has 0 spiro atoms. The quantitative estimate of drug-likeness (QED) is 0.284. The van der Waals surface area contributed by atoms with Crippen LogP contribution in [0.4, 0.5) is 17.6 Å². The Labute approximate surface area is 114 Å². The van der Waals surface area contributed by atoms with Crippen LogP contribution >= 0.6 is 15.9 Å². The molecule has 9 heteroatoms. The Morgan fingerprint density at radius 3 is 2.63 bits per heavy atom. The molecule has 19 heavy (non-hydrogen) atoms. The van der Waals surface area contributed by atoms with Crippen LogP contribution in [0.15, 0.2) is 27.8 Å². The van der Waals surface area contributed by atoms with Gasteiger partial charge in [0.1, 0.15) is 5.75 Å². The van der Waals surface area contributed by atoms with Gasteiger partial charge < -0.3 is 15.7 Å². The molecule has 106 valence electrons. The van der Waals surface area contributed by atoms with Crippen LogP contribution in [0.1, 0.15) is 5.56 Å². The van der Waals surface area contributed by atoms with E-state index in [4.69, 9.17) is 10.9 Å². The van der Waals surface area contributed by atoms with E-state index in [0.29, 0.717) is 4.47 Å².